The van der Waals surface area contributed by atoms with Gasteiger partial charge in [0.1, 0.15) is 5.82 Å². The van der Waals surface area contributed by atoms with Gasteiger partial charge in [0.25, 0.3) is 0 Å². The second-order valence-corrected chi connectivity index (χ2v) is 10.1. The first kappa shape index (κ1) is 23.5. The third-order valence-electron chi connectivity index (χ3n) is 7.78. The first-order valence-corrected chi connectivity index (χ1v) is 12.6. The van der Waals surface area contributed by atoms with E-state index in [-0.39, 0.29) is 23.5 Å². The second kappa shape index (κ2) is 9.76. The van der Waals surface area contributed by atoms with E-state index in [1.165, 1.54) is 17.7 Å². The molecular formula is C29H32FN3O2. The molecule has 5 nitrogen and oxygen atoms in total. The molecule has 6 heteroatoms. The Hall–Kier alpha value is -3.28. The predicted octanol–water partition coefficient (Wildman–Crippen LogP) is 4.74. The lowest BCUT2D eigenvalue weighted by Crippen LogP contribution is -2.48. The van der Waals surface area contributed by atoms with Crippen LogP contribution in [0.25, 0.3) is 10.9 Å². The third-order valence-corrected chi connectivity index (χ3v) is 7.78. The molecule has 2 heterocycles. The summed E-state index contributed by atoms with van der Waals surface area (Å²) in [6.45, 7) is 3.91. The van der Waals surface area contributed by atoms with Gasteiger partial charge in [0.2, 0.25) is 11.8 Å². The number of carbonyl (C=O) groups excluding carboxylic acids is 2. The van der Waals surface area contributed by atoms with Gasteiger partial charge in [-0.05, 0) is 66.6 Å². The van der Waals surface area contributed by atoms with Gasteiger partial charge >= 0.3 is 0 Å². The largest absolute Gasteiger partial charge is 0.341 e. The van der Waals surface area contributed by atoms with Crippen LogP contribution in [0.3, 0.4) is 0 Å². The Morgan fingerprint density at radius 3 is 2.46 bits per heavy atom. The normalized spacial score (nSPS) is 20.1. The summed E-state index contributed by atoms with van der Waals surface area (Å²) in [6, 6.07) is 16.8. The highest BCUT2D eigenvalue weighted by Gasteiger charge is 2.45. The minimum Gasteiger partial charge on any atom is -0.341 e. The van der Waals surface area contributed by atoms with Crippen molar-refractivity contribution in [3.05, 3.63) is 77.7 Å². The van der Waals surface area contributed by atoms with Crippen molar-refractivity contribution in [2.75, 3.05) is 26.2 Å². The van der Waals surface area contributed by atoms with Crippen LogP contribution in [0.4, 0.5) is 4.39 Å². The number of nitrogens with zero attached hydrogens (tertiary/aromatic N) is 3. The van der Waals surface area contributed by atoms with E-state index in [0.29, 0.717) is 26.2 Å². The maximum Gasteiger partial charge on any atom is 0.233 e. The van der Waals surface area contributed by atoms with Crippen LogP contribution >= 0.6 is 0 Å². The quantitative estimate of drug-likeness (QED) is 0.550. The molecule has 1 saturated heterocycles. The number of fused-ring (bicyclic) bond motifs is 1. The van der Waals surface area contributed by atoms with E-state index < -0.39 is 5.41 Å². The molecule has 3 aromatic rings. The number of amides is 2. The second-order valence-electron chi connectivity index (χ2n) is 10.1. The molecule has 2 aliphatic rings. The molecule has 0 unspecified atom stereocenters. The van der Waals surface area contributed by atoms with Gasteiger partial charge in [-0.2, -0.15) is 0 Å². The molecule has 1 aliphatic carbocycles. The van der Waals surface area contributed by atoms with Gasteiger partial charge in [-0.15, -0.1) is 0 Å². The summed E-state index contributed by atoms with van der Waals surface area (Å²) in [4.78, 5) is 34.7. The first-order chi connectivity index (χ1) is 16.9. The van der Waals surface area contributed by atoms with Gasteiger partial charge in [-0.1, -0.05) is 37.1 Å². The predicted molar refractivity (Wildman–Crippen MR) is 134 cm³/mol. The maximum atomic E-state index is 14.1. The van der Waals surface area contributed by atoms with E-state index in [0.717, 1.165) is 48.6 Å². The van der Waals surface area contributed by atoms with Crippen molar-refractivity contribution < 1.29 is 14.0 Å². The zero-order valence-electron chi connectivity index (χ0n) is 20.3. The topological polar surface area (TPSA) is 53.5 Å². The van der Waals surface area contributed by atoms with Gasteiger partial charge in [-0.3, -0.25) is 14.6 Å². The van der Waals surface area contributed by atoms with E-state index in [9.17, 15) is 14.0 Å². The minimum atomic E-state index is -0.599. The number of pyridine rings is 1. The van der Waals surface area contributed by atoms with Crippen LogP contribution in [-0.2, 0) is 21.4 Å². The average molecular weight is 474 g/mol. The summed E-state index contributed by atoms with van der Waals surface area (Å²) in [5.74, 6) is 0.0128. The number of hydrogen-bond donors (Lipinski definition) is 0. The van der Waals surface area contributed by atoms with Crippen LogP contribution in [0.5, 0.6) is 0 Å². The van der Waals surface area contributed by atoms with E-state index in [1.54, 1.807) is 25.3 Å². The van der Waals surface area contributed by atoms with Gasteiger partial charge < -0.3 is 9.80 Å². The molecule has 0 bridgehead atoms. The van der Waals surface area contributed by atoms with Gasteiger partial charge in [0.05, 0.1) is 10.9 Å². The van der Waals surface area contributed by atoms with E-state index in [4.69, 9.17) is 0 Å². The Kier molecular flexibility index (Phi) is 6.54. The summed E-state index contributed by atoms with van der Waals surface area (Å²) in [7, 11) is 0. The lowest BCUT2D eigenvalue weighted by Gasteiger charge is -2.35. The summed E-state index contributed by atoms with van der Waals surface area (Å²) in [5, 5.41) is 1.09. The van der Waals surface area contributed by atoms with Crippen LogP contribution in [-0.4, -0.2) is 52.8 Å². The van der Waals surface area contributed by atoms with Crippen molar-refractivity contribution in [2.45, 2.75) is 44.4 Å². The van der Waals surface area contributed by atoms with Crippen molar-refractivity contribution in [2.24, 2.45) is 5.92 Å². The molecule has 1 aromatic heterocycles. The molecule has 35 heavy (non-hydrogen) atoms. The minimum absolute atomic E-state index is 0.0427. The molecule has 2 fully saturated rings. The zero-order chi connectivity index (χ0) is 24.4. The Morgan fingerprint density at radius 1 is 1.00 bits per heavy atom. The summed E-state index contributed by atoms with van der Waals surface area (Å²) in [6.07, 6.45) is 6.12. The van der Waals surface area contributed by atoms with Crippen LogP contribution in [0.2, 0.25) is 0 Å². The van der Waals surface area contributed by atoms with Crippen molar-refractivity contribution >= 4 is 22.7 Å². The average Bonchev–Trinajstić information content (AvgIpc) is 3.26. The standard InChI is InChI=1S/C29H32FN3O2/c1-21(34)32-15-16-33(28(35)29(12-2-3-13-29)25-7-9-26(30)10-8-25)20-23(19-32)17-22-6-11-27-24(18-22)5-4-14-31-27/h4-11,14,18,23H,2-3,12-13,15-17,19-20H2,1H3/t23-/m1/s1. The van der Waals surface area contributed by atoms with Crippen molar-refractivity contribution in [3.8, 4) is 0 Å². The summed E-state index contributed by atoms with van der Waals surface area (Å²) >= 11 is 0. The van der Waals surface area contributed by atoms with Gasteiger partial charge in [-0.25, -0.2) is 4.39 Å². The maximum absolute atomic E-state index is 14.1. The molecule has 0 spiro atoms. The van der Waals surface area contributed by atoms with Crippen LogP contribution in [0, 0.1) is 11.7 Å². The molecule has 1 atom stereocenters. The highest BCUT2D eigenvalue weighted by molar-refractivity contribution is 5.89. The Bertz CT molecular complexity index is 1220. The van der Waals surface area contributed by atoms with E-state index in [2.05, 4.69) is 23.2 Å². The number of rotatable bonds is 4. The SMILES string of the molecule is CC(=O)N1CCN(C(=O)C2(c3ccc(F)cc3)CCCC2)C[C@H](Cc2ccc3ncccc3c2)C1. The lowest BCUT2D eigenvalue weighted by molar-refractivity contribution is -0.138. The lowest BCUT2D eigenvalue weighted by atomic mass is 9.77. The first-order valence-electron chi connectivity index (χ1n) is 12.6. The molecule has 2 amide bonds. The Labute approximate surface area is 205 Å². The molecule has 1 saturated carbocycles. The van der Waals surface area contributed by atoms with Crippen molar-refractivity contribution in [3.63, 3.8) is 0 Å². The number of halogens is 1. The molecular weight excluding hydrogens is 441 g/mol. The summed E-state index contributed by atoms with van der Waals surface area (Å²) < 4.78 is 13.6. The zero-order valence-corrected chi connectivity index (χ0v) is 20.3. The molecule has 5 rings (SSSR count). The molecule has 182 valence electrons. The third kappa shape index (κ3) is 4.79. The Balaban J connectivity index is 1.42. The molecule has 2 aromatic carbocycles. The highest BCUT2D eigenvalue weighted by atomic mass is 19.1. The monoisotopic (exact) mass is 473 g/mol. The fourth-order valence-electron chi connectivity index (χ4n) is 5.97. The van der Waals surface area contributed by atoms with Crippen LogP contribution < -0.4 is 0 Å². The fraction of sp³-hybridized carbons (Fsp3) is 0.414. The highest BCUT2D eigenvalue weighted by Crippen LogP contribution is 2.43. The van der Waals surface area contributed by atoms with Gasteiger partial charge in [0, 0.05) is 44.7 Å². The fourth-order valence-corrected chi connectivity index (χ4v) is 5.97. The van der Waals surface area contributed by atoms with Crippen LogP contribution in [0.1, 0.15) is 43.7 Å². The number of hydrogen-bond acceptors (Lipinski definition) is 3. The van der Waals surface area contributed by atoms with E-state index >= 15 is 0 Å². The molecule has 0 N–H and O–H groups in total. The molecule has 0 radical (unpaired) electrons. The number of carbonyl (C=O) groups is 2. The number of aromatic nitrogens is 1. The summed E-state index contributed by atoms with van der Waals surface area (Å²) in [5.41, 5.74) is 2.45. The van der Waals surface area contributed by atoms with Crippen molar-refractivity contribution in [1.82, 2.24) is 14.8 Å². The molecule has 1 aliphatic heterocycles. The number of benzene rings is 2. The van der Waals surface area contributed by atoms with E-state index in [1.807, 2.05) is 21.9 Å². The Morgan fingerprint density at radius 2 is 1.71 bits per heavy atom. The van der Waals surface area contributed by atoms with Crippen molar-refractivity contribution in [1.29, 1.82) is 0 Å². The smallest absolute Gasteiger partial charge is 0.233 e. The van der Waals surface area contributed by atoms with Crippen LogP contribution in [0.15, 0.2) is 60.8 Å². The van der Waals surface area contributed by atoms with Gasteiger partial charge in [0.15, 0.2) is 0 Å².